The van der Waals surface area contributed by atoms with Crippen molar-refractivity contribution in [3.63, 3.8) is 0 Å². The molecule has 3 aromatic rings. The van der Waals surface area contributed by atoms with Gasteiger partial charge < -0.3 is 14.6 Å². The lowest BCUT2D eigenvalue weighted by atomic mass is 10.1. The number of aryl methyl sites for hydroxylation is 1. The first-order valence-corrected chi connectivity index (χ1v) is 9.74. The van der Waals surface area contributed by atoms with Crippen molar-refractivity contribution in [3.8, 4) is 5.69 Å². The van der Waals surface area contributed by atoms with Crippen LogP contribution >= 0.6 is 11.3 Å². The number of hydrogen-bond donors (Lipinski definition) is 1. The van der Waals surface area contributed by atoms with Crippen LogP contribution in [-0.4, -0.2) is 34.5 Å². The molecule has 0 spiro atoms. The van der Waals surface area contributed by atoms with Gasteiger partial charge in [0.2, 0.25) is 5.78 Å². The molecule has 0 unspecified atom stereocenters. The first-order valence-electron chi connectivity index (χ1n) is 8.86. The maximum atomic E-state index is 13.2. The number of carbonyl (C=O) groups is 2. The van der Waals surface area contributed by atoms with Gasteiger partial charge >= 0.3 is 5.97 Å². The second-order valence-electron chi connectivity index (χ2n) is 6.30. The predicted octanol–water partition coefficient (Wildman–Crippen LogP) is 4.33. The van der Waals surface area contributed by atoms with Crippen LogP contribution in [0.3, 0.4) is 0 Å². The Morgan fingerprint density at radius 3 is 2.72 bits per heavy atom. The maximum absolute atomic E-state index is 13.2. The van der Waals surface area contributed by atoms with E-state index in [0.717, 1.165) is 11.4 Å². The van der Waals surface area contributed by atoms with Crippen LogP contribution in [0.15, 0.2) is 48.4 Å². The molecule has 3 rings (SSSR count). The van der Waals surface area contributed by atoms with Crippen LogP contribution in [0.1, 0.15) is 32.2 Å². The molecule has 0 bridgehead atoms. The third-order valence-electron chi connectivity index (χ3n) is 4.26. The van der Waals surface area contributed by atoms with Crippen LogP contribution < -0.4 is 5.32 Å². The average molecular weight is 413 g/mol. The number of benzene rings is 1. The summed E-state index contributed by atoms with van der Waals surface area (Å²) in [6.45, 7) is 7.39. The van der Waals surface area contributed by atoms with Gasteiger partial charge in [0.25, 0.3) is 0 Å². The van der Waals surface area contributed by atoms with Crippen molar-refractivity contribution in [1.82, 2.24) is 9.55 Å². The summed E-state index contributed by atoms with van der Waals surface area (Å²) >= 11 is 1.27. The fourth-order valence-corrected chi connectivity index (χ4v) is 3.61. The molecule has 0 aliphatic carbocycles. The van der Waals surface area contributed by atoms with Gasteiger partial charge in [-0.05, 0) is 44.2 Å². The van der Waals surface area contributed by atoms with Gasteiger partial charge in [0.05, 0.1) is 0 Å². The summed E-state index contributed by atoms with van der Waals surface area (Å²) in [5.74, 6) is -1.31. The molecule has 0 aliphatic rings. The molecule has 0 fully saturated rings. The largest absolute Gasteiger partial charge is 0.453 e. The number of ether oxygens (including phenoxy) is 1. The molecule has 150 valence electrons. The van der Waals surface area contributed by atoms with E-state index < -0.39 is 5.97 Å². The number of hydrogen-bond acceptors (Lipinski definition) is 6. The highest BCUT2D eigenvalue weighted by Crippen LogP contribution is 2.22. The predicted molar refractivity (Wildman–Crippen MR) is 111 cm³/mol. The van der Waals surface area contributed by atoms with Gasteiger partial charge in [-0.2, -0.15) is 0 Å². The normalized spacial score (nSPS) is 10.6. The third-order valence-corrected chi connectivity index (χ3v) is 5.06. The van der Waals surface area contributed by atoms with E-state index in [4.69, 9.17) is 4.74 Å². The van der Waals surface area contributed by atoms with E-state index in [1.165, 1.54) is 23.5 Å². The summed E-state index contributed by atoms with van der Waals surface area (Å²) in [5, 5.41) is 5.13. The molecule has 0 atom stereocenters. The number of anilines is 1. The van der Waals surface area contributed by atoms with E-state index >= 15 is 0 Å². The quantitative estimate of drug-likeness (QED) is 0.338. The Bertz CT molecular complexity index is 1050. The minimum Gasteiger partial charge on any atom is -0.453 e. The Morgan fingerprint density at radius 1 is 1.31 bits per heavy atom. The van der Waals surface area contributed by atoms with E-state index in [1.807, 2.05) is 11.5 Å². The Hall–Kier alpha value is -3.26. The van der Waals surface area contributed by atoms with Crippen molar-refractivity contribution in [3.05, 3.63) is 76.8 Å². The van der Waals surface area contributed by atoms with Crippen LogP contribution in [0.4, 0.5) is 9.52 Å². The van der Waals surface area contributed by atoms with Crippen molar-refractivity contribution in [2.45, 2.75) is 13.8 Å². The van der Waals surface area contributed by atoms with Crippen molar-refractivity contribution in [2.75, 3.05) is 18.5 Å². The molecule has 2 aromatic heterocycles. The molecule has 0 saturated carbocycles. The van der Waals surface area contributed by atoms with Crippen LogP contribution in [0.2, 0.25) is 0 Å². The van der Waals surface area contributed by atoms with Crippen LogP contribution in [0.25, 0.3) is 5.69 Å². The monoisotopic (exact) mass is 413 g/mol. The Balaban J connectivity index is 1.69. The summed E-state index contributed by atoms with van der Waals surface area (Å²) in [6.07, 6.45) is 1.68. The molecule has 1 N–H and O–H groups in total. The zero-order valence-corrected chi connectivity index (χ0v) is 16.9. The van der Waals surface area contributed by atoms with E-state index in [-0.39, 0.29) is 23.9 Å². The third kappa shape index (κ3) is 4.60. The molecule has 0 radical (unpaired) electrons. The number of thiazole rings is 1. The number of esters is 1. The van der Waals surface area contributed by atoms with Crippen LogP contribution in [0.5, 0.6) is 0 Å². The van der Waals surface area contributed by atoms with Gasteiger partial charge in [-0.1, -0.05) is 6.08 Å². The fraction of sp³-hybridized carbons (Fsp3) is 0.190. The van der Waals surface area contributed by atoms with E-state index in [9.17, 15) is 14.0 Å². The van der Waals surface area contributed by atoms with E-state index in [0.29, 0.717) is 22.9 Å². The number of Topliss-reactive ketones (excluding diaryl/α,β-unsaturated/α-hetero) is 1. The smallest absolute Gasteiger partial charge is 0.358 e. The molecule has 0 amide bonds. The SMILES string of the molecule is C=CCNc1nc(C(=O)OCC(=O)c2cc(C)n(-c3ccc(F)cc3)c2C)cs1. The van der Waals surface area contributed by atoms with Crippen molar-refractivity contribution < 1.29 is 18.7 Å². The summed E-state index contributed by atoms with van der Waals surface area (Å²) in [6, 6.07) is 7.75. The van der Waals surface area contributed by atoms with Gasteiger partial charge in [-0.25, -0.2) is 14.2 Å². The van der Waals surface area contributed by atoms with E-state index in [1.54, 1.807) is 36.6 Å². The summed E-state index contributed by atoms with van der Waals surface area (Å²) in [4.78, 5) is 28.9. The first-order chi connectivity index (χ1) is 13.9. The second-order valence-corrected chi connectivity index (χ2v) is 7.16. The second kappa shape index (κ2) is 8.83. The number of nitrogens with zero attached hydrogens (tertiary/aromatic N) is 2. The highest BCUT2D eigenvalue weighted by atomic mass is 32.1. The van der Waals surface area contributed by atoms with Gasteiger partial charge in [0.1, 0.15) is 5.82 Å². The molecule has 0 saturated heterocycles. The number of ketones is 1. The van der Waals surface area contributed by atoms with Gasteiger partial charge in [-0.15, -0.1) is 17.9 Å². The summed E-state index contributed by atoms with van der Waals surface area (Å²) in [5.41, 5.74) is 2.86. The zero-order valence-electron chi connectivity index (χ0n) is 16.1. The summed E-state index contributed by atoms with van der Waals surface area (Å²) < 4.78 is 20.2. The Labute approximate surface area is 171 Å². The summed E-state index contributed by atoms with van der Waals surface area (Å²) in [7, 11) is 0. The molecule has 1 aromatic carbocycles. The van der Waals surface area contributed by atoms with Gasteiger partial charge in [0, 0.05) is 34.6 Å². The first kappa shape index (κ1) is 20.5. The molecular formula is C21H20FN3O3S. The number of nitrogens with one attached hydrogen (secondary N) is 1. The zero-order chi connectivity index (χ0) is 21.0. The van der Waals surface area contributed by atoms with Crippen molar-refractivity contribution in [1.29, 1.82) is 0 Å². The van der Waals surface area contributed by atoms with Crippen LogP contribution in [-0.2, 0) is 4.74 Å². The highest BCUT2D eigenvalue weighted by Gasteiger charge is 2.19. The lowest BCUT2D eigenvalue weighted by Gasteiger charge is -2.10. The topological polar surface area (TPSA) is 73.2 Å². The molecular weight excluding hydrogens is 393 g/mol. The van der Waals surface area contributed by atoms with Gasteiger partial charge in [0.15, 0.2) is 17.4 Å². The number of halogens is 1. The minimum atomic E-state index is -0.659. The number of carbonyl (C=O) groups excluding carboxylic acids is 2. The lowest BCUT2D eigenvalue weighted by Crippen LogP contribution is -2.15. The van der Waals surface area contributed by atoms with Crippen molar-refractivity contribution in [2.24, 2.45) is 0 Å². The molecule has 8 heteroatoms. The molecule has 2 heterocycles. The number of rotatable bonds is 8. The Kier molecular flexibility index (Phi) is 6.23. The molecule has 0 aliphatic heterocycles. The highest BCUT2D eigenvalue weighted by molar-refractivity contribution is 7.13. The Morgan fingerprint density at radius 2 is 2.03 bits per heavy atom. The minimum absolute atomic E-state index is 0.145. The fourth-order valence-electron chi connectivity index (χ4n) is 2.92. The van der Waals surface area contributed by atoms with Crippen molar-refractivity contribution >= 4 is 28.2 Å². The lowest BCUT2D eigenvalue weighted by molar-refractivity contribution is 0.0469. The van der Waals surface area contributed by atoms with E-state index in [2.05, 4.69) is 16.9 Å². The maximum Gasteiger partial charge on any atom is 0.358 e. The standard InChI is InChI=1S/C21H20FN3O3S/c1-4-9-23-21-24-18(12-29-21)20(27)28-11-19(26)17-10-13(2)25(14(17)3)16-7-5-15(22)6-8-16/h4-8,10,12H,1,9,11H2,2-3H3,(H,23,24). The van der Waals surface area contributed by atoms with Crippen LogP contribution in [0, 0.1) is 19.7 Å². The number of aromatic nitrogens is 2. The molecule has 6 nitrogen and oxygen atoms in total. The average Bonchev–Trinajstić information content (AvgIpc) is 3.29. The van der Waals surface area contributed by atoms with Gasteiger partial charge in [-0.3, -0.25) is 4.79 Å². The molecule has 29 heavy (non-hydrogen) atoms.